The van der Waals surface area contributed by atoms with Gasteiger partial charge in [-0.05, 0) is 55.0 Å². The van der Waals surface area contributed by atoms with Crippen molar-refractivity contribution in [3.8, 4) is 0 Å². The second kappa shape index (κ2) is 8.54. The molecular weight excluding hydrogens is 376 g/mol. The second-order valence-corrected chi connectivity index (χ2v) is 6.64. The van der Waals surface area contributed by atoms with Gasteiger partial charge in [-0.1, -0.05) is 23.7 Å². The van der Waals surface area contributed by atoms with Crippen molar-refractivity contribution in [1.29, 1.82) is 0 Å². The van der Waals surface area contributed by atoms with Gasteiger partial charge in [0.1, 0.15) is 5.82 Å². The van der Waals surface area contributed by atoms with Crippen LogP contribution in [0.1, 0.15) is 22.8 Å². The van der Waals surface area contributed by atoms with Crippen molar-refractivity contribution in [3.63, 3.8) is 0 Å². The number of benzene rings is 2. The van der Waals surface area contributed by atoms with E-state index < -0.39 is 0 Å². The van der Waals surface area contributed by atoms with Crippen molar-refractivity contribution in [3.05, 3.63) is 76.9 Å². The molecule has 0 fully saturated rings. The van der Waals surface area contributed by atoms with E-state index in [0.29, 0.717) is 27.8 Å². The highest BCUT2D eigenvalue weighted by Crippen LogP contribution is 2.22. The SMILES string of the molecule is CC(=O)Nc1cccc(NC(=O)c2ccc(Nc3ccc(C)c(Cl)c3)nc2)c1. The molecule has 1 heterocycles. The van der Waals surface area contributed by atoms with E-state index in [1.165, 1.54) is 13.1 Å². The van der Waals surface area contributed by atoms with Gasteiger partial charge in [-0.25, -0.2) is 4.98 Å². The van der Waals surface area contributed by atoms with Crippen LogP contribution in [-0.2, 0) is 4.79 Å². The van der Waals surface area contributed by atoms with Gasteiger partial charge in [-0.15, -0.1) is 0 Å². The molecule has 3 aromatic rings. The number of hydrogen-bond donors (Lipinski definition) is 3. The third kappa shape index (κ3) is 5.08. The molecule has 0 saturated heterocycles. The van der Waals surface area contributed by atoms with Crippen molar-refractivity contribution in [1.82, 2.24) is 4.98 Å². The predicted octanol–water partition coefficient (Wildman–Crippen LogP) is 5.00. The van der Waals surface area contributed by atoms with Crippen LogP contribution in [-0.4, -0.2) is 16.8 Å². The summed E-state index contributed by atoms with van der Waals surface area (Å²) in [6.07, 6.45) is 1.49. The van der Waals surface area contributed by atoms with Gasteiger partial charge in [-0.3, -0.25) is 9.59 Å². The highest BCUT2D eigenvalue weighted by Gasteiger charge is 2.08. The number of aryl methyl sites for hydroxylation is 1. The molecule has 0 spiro atoms. The maximum Gasteiger partial charge on any atom is 0.257 e. The molecule has 0 radical (unpaired) electrons. The van der Waals surface area contributed by atoms with Crippen molar-refractivity contribution >= 4 is 46.3 Å². The van der Waals surface area contributed by atoms with E-state index in [2.05, 4.69) is 20.9 Å². The number of aromatic nitrogens is 1. The zero-order chi connectivity index (χ0) is 20.1. The summed E-state index contributed by atoms with van der Waals surface area (Å²) in [4.78, 5) is 27.8. The molecule has 142 valence electrons. The molecule has 2 amide bonds. The van der Waals surface area contributed by atoms with Crippen molar-refractivity contribution in [2.24, 2.45) is 0 Å². The van der Waals surface area contributed by atoms with Gasteiger partial charge in [0.15, 0.2) is 0 Å². The summed E-state index contributed by atoms with van der Waals surface area (Å²) < 4.78 is 0. The summed E-state index contributed by atoms with van der Waals surface area (Å²) in [6.45, 7) is 3.36. The van der Waals surface area contributed by atoms with Crippen LogP contribution >= 0.6 is 11.6 Å². The normalized spacial score (nSPS) is 10.2. The van der Waals surface area contributed by atoms with E-state index in [9.17, 15) is 9.59 Å². The van der Waals surface area contributed by atoms with E-state index >= 15 is 0 Å². The van der Waals surface area contributed by atoms with Gasteiger partial charge in [0, 0.05) is 35.2 Å². The number of hydrogen-bond acceptors (Lipinski definition) is 4. The molecule has 0 saturated carbocycles. The van der Waals surface area contributed by atoms with Crippen LogP contribution in [0.5, 0.6) is 0 Å². The van der Waals surface area contributed by atoms with Crippen LogP contribution in [0.25, 0.3) is 0 Å². The third-order valence-corrected chi connectivity index (χ3v) is 4.32. The lowest BCUT2D eigenvalue weighted by Gasteiger charge is -2.09. The zero-order valence-electron chi connectivity index (χ0n) is 15.4. The largest absolute Gasteiger partial charge is 0.340 e. The molecule has 3 N–H and O–H groups in total. The maximum atomic E-state index is 12.4. The van der Waals surface area contributed by atoms with Crippen LogP contribution in [0.15, 0.2) is 60.8 Å². The van der Waals surface area contributed by atoms with E-state index in [1.54, 1.807) is 36.4 Å². The minimum absolute atomic E-state index is 0.175. The van der Waals surface area contributed by atoms with E-state index in [-0.39, 0.29) is 11.8 Å². The van der Waals surface area contributed by atoms with Gasteiger partial charge in [0.05, 0.1) is 5.56 Å². The minimum Gasteiger partial charge on any atom is -0.340 e. The molecule has 3 rings (SSSR count). The smallest absolute Gasteiger partial charge is 0.257 e. The Hall–Kier alpha value is -3.38. The fraction of sp³-hybridized carbons (Fsp3) is 0.0952. The van der Waals surface area contributed by atoms with E-state index in [0.717, 1.165) is 11.3 Å². The molecule has 1 aromatic heterocycles. The fourth-order valence-corrected chi connectivity index (χ4v) is 2.68. The predicted molar refractivity (Wildman–Crippen MR) is 112 cm³/mol. The number of halogens is 1. The Labute approximate surface area is 168 Å². The average Bonchev–Trinajstić information content (AvgIpc) is 2.65. The van der Waals surface area contributed by atoms with Crippen LogP contribution in [0.3, 0.4) is 0 Å². The van der Waals surface area contributed by atoms with Gasteiger partial charge in [0.2, 0.25) is 5.91 Å². The molecule has 0 aliphatic carbocycles. The summed E-state index contributed by atoms with van der Waals surface area (Å²) in [5, 5.41) is 9.28. The number of carbonyl (C=O) groups is 2. The molecule has 6 nitrogen and oxygen atoms in total. The Morgan fingerprint density at radius 2 is 1.68 bits per heavy atom. The Morgan fingerprint density at radius 1 is 0.929 bits per heavy atom. The Bertz CT molecular complexity index is 1020. The quantitative estimate of drug-likeness (QED) is 0.568. The topological polar surface area (TPSA) is 83.1 Å². The molecule has 2 aromatic carbocycles. The Morgan fingerprint density at radius 3 is 2.32 bits per heavy atom. The van der Waals surface area contributed by atoms with Crippen molar-refractivity contribution < 1.29 is 9.59 Å². The molecule has 0 aliphatic rings. The molecule has 0 bridgehead atoms. The summed E-state index contributed by atoms with van der Waals surface area (Å²) >= 11 is 6.13. The summed E-state index contributed by atoms with van der Waals surface area (Å²) in [7, 11) is 0. The number of pyridine rings is 1. The van der Waals surface area contributed by atoms with Crippen LogP contribution in [0, 0.1) is 6.92 Å². The summed E-state index contributed by atoms with van der Waals surface area (Å²) in [5.74, 6) is 0.132. The minimum atomic E-state index is -0.294. The third-order valence-electron chi connectivity index (χ3n) is 3.91. The number of carbonyl (C=O) groups excluding carboxylic acids is 2. The maximum absolute atomic E-state index is 12.4. The molecule has 0 aliphatic heterocycles. The number of anilines is 4. The standard InChI is InChI=1S/C21H19ClN4O2/c1-13-6-8-18(11-19(13)22)25-20-9-7-15(12-23-20)21(28)26-17-5-3-4-16(10-17)24-14(2)27/h3-12H,1-2H3,(H,23,25)(H,24,27)(H,26,28). The molecule has 0 unspecified atom stereocenters. The van der Waals surface area contributed by atoms with Crippen LogP contribution in [0.2, 0.25) is 5.02 Å². The molecule has 28 heavy (non-hydrogen) atoms. The van der Waals surface area contributed by atoms with Gasteiger partial charge >= 0.3 is 0 Å². The monoisotopic (exact) mass is 394 g/mol. The molecule has 7 heteroatoms. The van der Waals surface area contributed by atoms with Crippen LogP contribution < -0.4 is 16.0 Å². The number of amides is 2. The molecule has 0 atom stereocenters. The van der Waals surface area contributed by atoms with Gasteiger partial charge in [-0.2, -0.15) is 0 Å². The van der Waals surface area contributed by atoms with E-state index in [4.69, 9.17) is 11.6 Å². The second-order valence-electron chi connectivity index (χ2n) is 6.24. The lowest BCUT2D eigenvalue weighted by Crippen LogP contribution is -2.13. The highest BCUT2D eigenvalue weighted by atomic mass is 35.5. The average molecular weight is 395 g/mol. The molecular formula is C21H19ClN4O2. The first kappa shape index (κ1) is 19.4. The van der Waals surface area contributed by atoms with Crippen molar-refractivity contribution in [2.45, 2.75) is 13.8 Å². The van der Waals surface area contributed by atoms with Crippen LogP contribution in [0.4, 0.5) is 22.9 Å². The summed E-state index contributed by atoms with van der Waals surface area (Å²) in [5.41, 5.74) is 3.41. The Kier molecular flexibility index (Phi) is 5.91. The first-order valence-corrected chi connectivity index (χ1v) is 8.97. The van der Waals surface area contributed by atoms with Gasteiger partial charge < -0.3 is 16.0 Å². The van der Waals surface area contributed by atoms with Crippen molar-refractivity contribution in [2.75, 3.05) is 16.0 Å². The lowest BCUT2D eigenvalue weighted by molar-refractivity contribution is -0.114. The summed E-state index contributed by atoms with van der Waals surface area (Å²) in [6, 6.07) is 16.0. The van der Waals surface area contributed by atoms with E-state index in [1.807, 2.05) is 25.1 Å². The number of rotatable bonds is 5. The first-order chi connectivity index (χ1) is 13.4. The zero-order valence-corrected chi connectivity index (χ0v) is 16.2. The fourth-order valence-electron chi connectivity index (χ4n) is 2.50. The highest BCUT2D eigenvalue weighted by molar-refractivity contribution is 6.31. The number of nitrogens with one attached hydrogen (secondary N) is 3. The lowest BCUT2D eigenvalue weighted by atomic mass is 10.2. The Balaban J connectivity index is 1.66. The number of nitrogens with zero attached hydrogens (tertiary/aromatic N) is 1. The first-order valence-electron chi connectivity index (χ1n) is 8.59. The van der Waals surface area contributed by atoms with Gasteiger partial charge in [0.25, 0.3) is 5.91 Å².